The monoisotopic (exact) mass is 374 g/mol. The van der Waals surface area contributed by atoms with Gasteiger partial charge in [0.25, 0.3) is 0 Å². The first kappa shape index (κ1) is 23.7. The van der Waals surface area contributed by atoms with Crippen LogP contribution in [0.15, 0.2) is 30.3 Å². The first-order valence-electron chi connectivity index (χ1n) is 11.3. The van der Waals surface area contributed by atoms with E-state index in [2.05, 4.69) is 51.1 Å². The fourth-order valence-electron chi connectivity index (χ4n) is 3.60. The molecule has 1 unspecified atom stereocenters. The zero-order valence-corrected chi connectivity index (χ0v) is 18.1. The van der Waals surface area contributed by atoms with Crippen LogP contribution in [0.3, 0.4) is 0 Å². The summed E-state index contributed by atoms with van der Waals surface area (Å²) >= 11 is 0. The van der Waals surface area contributed by atoms with Crippen LogP contribution in [0, 0.1) is 5.41 Å². The number of ether oxygens (including phenoxy) is 1. The van der Waals surface area contributed by atoms with Crippen molar-refractivity contribution in [3.63, 3.8) is 0 Å². The standard InChI is InChI=1S/C25H42O2/c1-4-6-8-15-21-25(3,20-7-5-2)22-27-24(26)19-14-10-13-18-23-16-11-9-12-17-23/h9,11-12,16-17H,4-8,10,13-15,18-22H2,1-3H3. The summed E-state index contributed by atoms with van der Waals surface area (Å²) < 4.78 is 5.69. The molecule has 1 atom stereocenters. The highest BCUT2D eigenvalue weighted by molar-refractivity contribution is 5.69. The average molecular weight is 375 g/mol. The lowest BCUT2D eigenvalue weighted by Gasteiger charge is -2.29. The summed E-state index contributed by atoms with van der Waals surface area (Å²) in [5.41, 5.74) is 1.54. The Morgan fingerprint density at radius 3 is 2.22 bits per heavy atom. The van der Waals surface area contributed by atoms with Crippen LogP contribution in [-0.4, -0.2) is 12.6 Å². The predicted molar refractivity (Wildman–Crippen MR) is 116 cm³/mol. The smallest absolute Gasteiger partial charge is 0.305 e. The van der Waals surface area contributed by atoms with Gasteiger partial charge in [-0.3, -0.25) is 4.79 Å². The second-order valence-corrected chi connectivity index (χ2v) is 8.43. The van der Waals surface area contributed by atoms with Crippen LogP contribution in [0.1, 0.15) is 103 Å². The van der Waals surface area contributed by atoms with Gasteiger partial charge in [0, 0.05) is 11.8 Å². The van der Waals surface area contributed by atoms with Crippen molar-refractivity contribution < 1.29 is 9.53 Å². The molecule has 0 aromatic heterocycles. The molecule has 0 aliphatic rings. The van der Waals surface area contributed by atoms with Crippen LogP contribution in [-0.2, 0) is 16.0 Å². The van der Waals surface area contributed by atoms with Crippen LogP contribution in [0.4, 0.5) is 0 Å². The molecule has 2 nitrogen and oxygen atoms in total. The molecule has 154 valence electrons. The largest absolute Gasteiger partial charge is 0.465 e. The van der Waals surface area contributed by atoms with E-state index in [1.165, 1.54) is 56.9 Å². The number of rotatable bonds is 16. The second kappa shape index (κ2) is 14.7. The molecule has 0 amide bonds. The summed E-state index contributed by atoms with van der Waals surface area (Å²) in [4.78, 5) is 12.2. The van der Waals surface area contributed by atoms with Crippen molar-refractivity contribution in [2.75, 3.05) is 6.61 Å². The molecule has 0 bridgehead atoms. The predicted octanol–water partition coefficient (Wildman–Crippen LogP) is 7.50. The van der Waals surface area contributed by atoms with Gasteiger partial charge in [0.05, 0.1) is 6.61 Å². The molecule has 0 heterocycles. The van der Waals surface area contributed by atoms with Gasteiger partial charge < -0.3 is 4.74 Å². The number of benzene rings is 1. The molecule has 1 aromatic carbocycles. The average Bonchev–Trinajstić information content (AvgIpc) is 2.69. The van der Waals surface area contributed by atoms with Crippen molar-refractivity contribution in [1.29, 1.82) is 0 Å². The number of carbonyl (C=O) groups is 1. The maximum Gasteiger partial charge on any atom is 0.305 e. The number of unbranched alkanes of at least 4 members (excludes halogenated alkanes) is 6. The molecule has 0 spiro atoms. The van der Waals surface area contributed by atoms with Gasteiger partial charge in [-0.1, -0.05) is 96.0 Å². The van der Waals surface area contributed by atoms with E-state index in [0.717, 1.165) is 25.7 Å². The fraction of sp³-hybridized carbons (Fsp3) is 0.720. The molecule has 0 N–H and O–H groups in total. The van der Waals surface area contributed by atoms with E-state index in [1.807, 2.05) is 0 Å². The fourth-order valence-corrected chi connectivity index (χ4v) is 3.60. The van der Waals surface area contributed by atoms with Gasteiger partial charge in [0.2, 0.25) is 0 Å². The minimum absolute atomic E-state index is 0.00834. The molecule has 27 heavy (non-hydrogen) atoms. The zero-order valence-electron chi connectivity index (χ0n) is 18.1. The number of esters is 1. The van der Waals surface area contributed by atoms with Crippen LogP contribution in [0.5, 0.6) is 0 Å². The van der Waals surface area contributed by atoms with E-state index in [1.54, 1.807) is 0 Å². The van der Waals surface area contributed by atoms with Crippen LogP contribution in [0.25, 0.3) is 0 Å². The summed E-state index contributed by atoms with van der Waals surface area (Å²) in [6.07, 6.45) is 14.7. The summed E-state index contributed by atoms with van der Waals surface area (Å²) in [6.45, 7) is 7.39. The van der Waals surface area contributed by atoms with E-state index in [9.17, 15) is 4.79 Å². The van der Waals surface area contributed by atoms with Gasteiger partial charge >= 0.3 is 5.97 Å². The molecule has 0 fully saturated rings. The van der Waals surface area contributed by atoms with E-state index in [-0.39, 0.29) is 11.4 Å². The first-order valence-corrected chi connectivity index (χ1v) is 11.3. The van der Waals surface area contributed by atoms with Gasteiger partial charge in [-0.15, -0.1) is 0 Å². The van der Waals surface area contributed by atoms with Crippen molar-refractivity contribution in [2.45, 2.75) is 104 Å². The third-order valence-corrected chi connectivity index (χ3v) is 5.54. The quantitative estimate of drug-likeness (QED) is 0.221. The summed E-state index contributed by atoms with van der Waals surface area (Å²) in [7, 11) is 0. The third-order valence-electron chi connectivity index (χ3n) is 5.54. The van der Waals surface area contributed by atoms with E-state index in [0.29, 0.717) is 13.0 Å². The number of hydrogen-bond acceptors (Lipinski definition) is 2. The molecule has 1 aromatic rings. The van der Waals surface area contributed by atoms with Crippen LogP contribution < -0.4 is 0 Å². The minimum Gasteiger partial charge on any atom is -0.465 e. The number of hydrogen-bond donors (Lipinski definition) is 0. The minimum atomic E-state index is -0.00834. The van der Waals surface area contributed by atoms with Gasteiger partial charge in [-0.2, -0.15) is 0 Å². The number of aryl methyl sites for hydroxylation is 1. The molecule has 0 aliphatic heterocycles. The third kappa shape index (κ3) is 11.9. The lowest BCUT2D eigenvalue weighted by atomic mass is 9.80. The van der Waals surface area contributed by atoms with Crippen molar-refractivity contribution in [3.05, 3.63) is 35.9 Å². The lowest BCUT2D eigenvalue weighted by Crippen LogP contribution is -2.25. The molecular formula is C25H42O2. The Balaban J connectivity index is 2.21. The molecular weight excluding hydrogens is 332 g/mol. The highest BCUT2D eigenvalue weighted by Crippen LogP contribution is 2.31. The Labute approximate surface area is 168 Å². The summed E-state index contributed by atoms with van der Waals surface area (Å²) in [6, 6.07) is 10.6. The van der Waals surface area contributed by atoms with Crippen molar-refractivity contribution in [2.24, 2.45) is 5.41 Å². The normalized spacial score (nSPS) is 13.3. The maximum atomic E-state index is 12.2. The topological polar surface area (TPSA) is 26.3 Å². The Hall–Kier alpha value is -1.31. The van der Waals surface area contributed by atoms with Gasteiger partial charge in [0.15, 0.2) is 0 Å². The van der Waals surface area contributed by atoms with Crippen LogP contribution >= 0.6 is 0 Å². The highest BCUT2D eigenvalue weighted by Gasteiger charge is 2.25. The molecule has 2 heteroatoms. The van der Waals surface area contributed by atoms with Crippen molar-refractivity contribution in [1.82, 2.24) is 0 Å². The van der Waals surface area contributed by atoms with E-state index >= 15 is 0 Å². The first-order chi connectivity index (χ1) is 13.1. The Morgan fingerprint density at radius 2 is 1.52 bits per heavy atom. The zero-order chi connectivity index (χ0) is 19.8. The molecule has 0 saturated carbocycles. The number of carbonyl (C=O) groups excluding carboxylic acids is 1. The van der Waals surface area contributed by atoms with Crippen molar-refractivity contribution >= 4 is 5.97 Å². The molecule has 0 saturated heterocycles. The lowest BCUT2D eigenvalue weighted by molar-refractivity contribution is -0.147. The Morgan fingerprint density at radius 1 is 0.852 bits per heavy atom. The van der Waals surface area contributed by atoms with Crippen LogP contribution in [0.2, 0.25) is 0 Å². The Kier molecular flexibility index (Phi) is 12.9. The Bertz CT molecular complexity index is 482. The molecule has 1 rings (SSSR count). The molecule has 0 radical (unpaired) electrons. The molecule has 0 aliphatic carbocycles. The van der Waals surface area contributed by atoms with E-state index in [4.69, 9.17) is 4.74 Å². The summed E-state index contributed by atoms with van der Waals surface area (Å²) in [5, 5.41) is 0. The van der Waals surface area contributed by atoms with Gasteiger partial charge in [0.1, 0.15) is 0 Å². The van der Waals surface area contributed by atoms with Gasteiger partial charge in [-0.25, -0.2) is 0 Å². The van der Waals surface area contributed by atoms with Gasteiger partial charge in [-0.05, 0) is 37.7 Å². The highest BCUT2D eigenvalue weighted by atomic mass is 16.5. The second-order valence-electron chi connectivity index (χ2n) is 8.43. The van der Waals surface area contributed by atoms with Crippen molar-refractivity contribution in [3.8, 4) is 0 Å². The maximum absolute atomic E-state index is 12.2. The van der Waals surface area contributed by atoms with E-state index < -0.39 is 0 Å². The SMILES string of the molecule is CCCCCCC(C)(CCCC)COC(=O)CCCCCc1ccccc1. The summed E-state index contributed by atoms with van der Waals surface area (Å²) in [5.74, 6) is -0.00834.